The van der Waals surface area contributed by atoms with Crippen molar-refractivity contribution in [2.75, 3.05) is 17.8 Å². The van der Waals surface area contributed by atoms with E-state index in [-0.39, 0.29) is 0 Å². The summed E-state index contributed by atoms with van der Waals surface area (Å²) in [6, 6.07) is 0.701. The van der Waals surface area contributed by atoms with Gasteiger partial charge in [0.15, 0.2) is 4.34 Å². The Kier molecular flexibility index (Phi) is 3.48. The molecular formula is C7H11N3S3. The Labute approximate surface area is 90.1 Å². The topological polar surface area (TPSA) is 37.8 Å². The van der Waals surface area contributed by atoms with Gasteiger partial charge in [0.2, 0.25) is 0 Å². The average molecular weight is 233 g/mol. The first kappa shape index (κ1) is 9.76. The van der Waals surface area contributed by atoms with Gasteiger partial charge in [-0.1, -0.05) is 23.1 Å². The van der Waals surface area contributed by atoms with Crippen LogP contribution < -0.4 is 5.32 Å². The maximum atomic E-state index is 4.10. The van der Waals surface area contributed by atoms with Crippen LogP contribution in [0.4, 0.5) is 0 Å². The number of hydrogen-bond donors (Lipinski definition) is 1. The predicted octanol–water partition coefficient (Wildman–Crippen LogP) is 1.46. The minimum Gasteiger partial charge on any atom is -0.306 e. The highest BCUT2D eigenvalue weighted by molar-refractivity contribution is 8.00. The Morgan fingerprint density at radius 1 is 1.54 bits per heavy atom. The van der Waals surface area contributed by atoms with Crippen molar-refractivity contribution in [3.05, 3.63) is 5.01 Å². The third kappa shape index (κ3) is 2.59. The van der Waals surface area contributed by atoms with Crippen LogP contribution in [0.25, 0.3) is 0 Å². The molecule has 0 saturated carbocycles. The summed E-state index contributed by atoms with van der Waals surface area (Å²) in [6.07, 6.45) is 2.03. The molecule has 0 aliphatic carbocycles. The Morgan fingerprint density at radius 2 is 2.38 bits per heavy atom. The molecule has 1 N–H and O–H groups in total. The normalized spacial score (nSPS) is 17.3. The van der Waals surface area contributed by atoms with E-state index in [9.17, 15) is 0 Å². The van der Waals surface area contributed by atoms with Gasteiger partial charge in [-0.2, -0.15) is 11.8 Å². The molecule has 0 radical (unpaired) electrons. The van der Waals surface area contributed by atoms with E-state index in [1.165, 1.54) is 11.5 Å². The summed E-state index contributed by atoms with van der Waals surface area (Å²) in [4.78, 5) is 0. The van der Waals surface area contributed by atoms with Crippen LogP contribution in [0.15, 0.2) is 4.34 Å². The number of nitrogens with one attached hydrogen (secondary N) is 1. The summed E-state index contributed by atoms with van der Waals surface area (Å²) in [5.41, 5.74) is 0. The van der Waals surface area contributed by atoms with Crippen molar-refractivity contribution in [3.63, 3.8) is 0 Å². The molecule has 2 heterocycles. The zero-order valence-electron chi connectivity index (χ0n) is 7.32. The van der Waals surface area contributed by atoms with Crippen LogP contribution in [0.2, 0.25) is 0 Å². The van der Waals surface area contributed by atoms with Crippen LogP contribution in [0.5, 0.6) is 0 Å². The summed E-state index contributed by atoms with van der Waals surface area (Å²) >= 11 is 5.33. The molecule has 0 unspecified atom stereocenters. The molecule has 1 aromatic rings. The lowest BCUT2D eigenvalue weighted by Gasteiger charge is -2.25. The molecule has 1 fully saturated rings. The largest absolute Gasteiger partial charge is 0.306 e. The van der Waals surface area contributed by atoms with Crippen LogP contribution >= 0.6 is 34.9 Å². The first-order chi connectivity index (χ1) is 6.38. The Balaban J connectivity index is 1.79. The molecule has 3 nitrogen and oxygen atoms in total. The van der Waals surface area contributed by atoms with Gasteiger partial charge < -0.3 is 5.32 Å². The van der Waals surface area contributed by atoms with Gasteiger partial charge in [-0.25, -0.2) is 0 Å². The van der Waals surface area contributed by atoms with Crippen molar-refractivity contribution >= 4 is 34.9 Å². The van der Waals surface area contributed by atoms with E-state index >= 15 is 0 Å². The highest BCUT2D eigenvalue weighted by Crippen LogP contribution is 2.21. The Hall–Kier alpha value is 0.220. The summed E-state index contributed by atoms with van der Waals surface area (Å²) < 4.78 is 1.06. The van der Waals surface area contributed by atoms with Gasteiger partial charge in [0, 0.05) is 17.5 Å². The minimum atomic E-state index is 0.701. The zero-order valence-corrected chi connectivity index (χ0v) is 9.77. The number of nitrogens with zero attached hydrogens (tertiary/aromatic N) is 2. The second-order valence-corrected chi connectivity index (χ2v) is 5.97. The van der Waals surface area contributed by atoms with Crippen LogP contribution in [-0.4, -0.2) is 34.0 Å². The van der Waals surface area contributed by atoms with E-state index < -0.39 is 0 Å². The fourth-order valence-corrected chi connectivity index (χ4v) is 2.95. The van der Waals surface area contributed by atoms with Crippen molar-refractivity contribution in [1.29, 1.82) is 0 Å². The monoisotopic (exact) mass is 233 g/mol. The predicted molar refractivity (Wildman–Crippen MR) is 59.6 cm³/mol. The third-order valence-electron chi connectivity index (χ3n) is 1.80. The van der Waals surface area contributed by atoms with E-state index in [1.807, 2.05) is 18.0 Å². The molecule has 0 spiro atoms. The lowest BCUT2D eigenvalue weighted by Crippen LogP contribution is -2.39. The molecule has 0 atom stereocenters. The number of hydrogen-bond acceptors (Lipinski definition) is 6. The molecule has 1 aliphatic heterocycles. The lowest BCUT2D eigenvalue weighted by atomic mass is 10.4. The molecular weight excluding hydrogens is 222 g/mol. The maximum Gasteiger partial charge on any atom is 0.174 e. The van der Waals surface area contributed by atoms with Crippen molar-refractivity contribution in [1.82, 2.24) is 15.5 Å². The summed E-state index contributed by atoms with van der Waals surface area (Å²) in [6.45, 7) is 0.878. The second kappa shape index (κ2) is 4.63. The van der Waals surface area contributed by atoms with Gasteiger partial charge in [-0.15, -0.1) is 10.2 Å². The van der Waals surface area contributed by atoms with Crippen molar-refractivity contribution in [3.8, 4) is 0 Å². The molecule has 1 saturated heterocycles. The summed E-state index contributed by atoms with van der Waals surface area (Å²) in [5, 5.41) is 12.7. The van der Waals surface area contributed by atoms with Crippen molar-refractivity contribution in [2.24, 2.45) is 0 Å². The standard InChI is InChI=1S/C7H11N3S3/c1-11-7-10-9-6(13-7)2-8-5-3-12-4-5/h5,8H,2-4H2,1H3. The Morgan fingerprint density at radius 3 is 2.92 bits per heavy atom. The van der Waals surface area contributed by atoms with Crippen molar-refractivity contribution < 1.29 is 0 Å². The van der Waals surface area contributed by atoms with E-state index in [2.05, 4.69) is 15.5 Å². The molecule has 2 rings (SSSR count). The first-order valence-electron chi connectivity index (χ1n) is 4.06. The molecule has 0 aromatic carbocycles. The molecule has 1 aromatic heterocycles. The van der Waals surface area contributed by atoms with Gasteiger partial charge in [-0.3, -0.25) is 0 Å². The average Bonchev–Trinajstić information content (AvgIpc) is 2.49. The van der Waals surface area contributed by atoms with Crippen molar-refractivity contribution in [2.45, 2.75) is 16.9 Å². The fourth-order valence-electron chi connectivity index (χ4n) is 0.977. The third-order valence-corrected chi connectivity index (χ3v) is 4.98. The SMILES string of the molecule is CSc1nnc(CNC2CSC2)s1. The number of aromatic nitrogens is 2. The fraction of sp³-hybridized carbons (Fsp3) is 0.714. The maximum absolute atomic E-state index is 4.10. The van der Waals surface area contributed by atoms with Gasteiger partial charge >= 0.3 is 0 Å². The first-order valence-corrected chi connectivity index (χ1v) is 7.25. The van der Waals surface area contributed by atoms with Crippen LogP contribution in [0.1, 0.15) is 5.01 Å². The van der Waals surface area contributed by atoms with Gasteiger partial charge in [-0.05, 0) is 6.26 Å². The quantitative estimate of drug-likeness (QED) is 0.797. The van der Waals surface area contributed by atoms with Crippen LogP contribution in [-0.2, 0) is 6.54 Å². The Bertz CT molecular complexity index is 272. The highest BCUT2D eigenvalue weighted by atomic mass is 32.2. The van der Waals surface area contributed by atoms with Gasteiger partial charge in [0.1, 0.15) is 5.01 Å². The molecule has 6 heteroatoms. The molecule has 13 heavy (non-hydrogen) atoms. The van der Waals surface area contributed by atoms with E-state index in [0.29, 0.717) is 6.04 Å². The summed E-state index contributed by atoms with van der Waals surface area (Å²) in [5.74, 6) is 2.49. The van der Waals surface area contributed by atoms with E-state index in [0.717, 1.165) is 15.9 Å². The minimum absolute atomic E-state index is 0.701. The van der Waals surface area contributed by atoms with Gasteiger partial charge in [0.05, 0.1) is 6.54 Å². The molecule has 0 bridgehead atoms. The van der Waals surface area contributed by atoms with Crippen LogP contribution in [0, 0.1) is 0 Å². The zero-order chi connectivity index (χ0) is 9.10. The van der Waals surface area contributed by atoms with Gasteiger partial charge in [0.25, 0.3) is 0 Å². The number of rotatable bonds is 4. The van der Waals surface area contributed by atoms with Crippen LogP contribution in [0.3, 0.4) is 0 Å². The smallest absolute Gasteiger partial charge is 0.174 e. The van der Waals surface area contributed by atoms with E-state index in [4.69, 9.17) is 0 Å². The lowest BCUT2D eigenvalue weighted by molar-refractivity contribution is 0.579. The molecule has 72 valence electrons. The second-order valence-electron chi connectivity index (χ2n) is 2.78. The molecule has 0 amide bonds. The highest BCUT2D eigenvalue weighted by Gasteiger charge is 2.17. The number of thioether (sulfide) groups is 2. The van der Waals surface area contributed by atoms with E-state index in [1.54, 1.807) is 23.1 Å². The molecule has 1 aliphatic rings. The summed E-state index contributed by atoms with van der Waals surface area (Å²) in [7, 11) is 0.